The van der Waals surface area contributed by atoms with Crippen molar-refractivity contribution in [3.63, 3.8) is 0 Å². The van der Waals surface area contributed by atoms with Crippen molar-refractivity contribution in [2.75, 3.05) is 0 Å². The summed E-state index contributed by atoms with van der Waals surface area (Å²) in [5.41, 5.74) is 0. The first-order valence-corrected chi connectivity index (χ1v) is 4.06. The number of halogens is 8. The van der Waals surface area contributed by atoms with Crippen molar-refractivity contribution in [3.8, 4) is 0 Å². The summed E-state index contributed by atoms with van der Waals surface area (Å²) < 4.78 is 51.8. The first-order chi connectivity index (χ1) is 8.00. The molecule has 0 saturated heterocycles. The van der Waals surface area contributed by atoms with Crippen LogP contribution in [-0.2, 0) is 0 Å². The Kier molecular flexibility index (Phi) is 1610. The van der Waals surface area contributed by atoms with Crippen LogP contribution in [0.2, 0.25) is 0 Å². The Labute approximate surface area is 274 Å². The fourth-order valence-corrected chi connectivity index (χ4v) is 0. The quantitative estimate of drug-likeness (QED) is 0.161. The van der Waals surface area contributed by atoms with Gasteiger partial charge in [-0.25, -0.2) is 0 Å². The van der Waals surface area contributed by atoms with Crippen LogP contribution >= 0.6 is 94.9 Å². The summed E-state index contributed by atoms with van der Waals surface area (Å²) in [6.07, 6.45) is 0. The Hall–Kier alpha value is 7.00. The van der Waals surface area contributed by atoms with Crippen molar-refractivity contribution >= 4 is 243 Å². The minimum absolute atomic E-state index is 0. The molecule has 0 rings (SSSR count). The second-order valence-electron chi connectivity index (χ2n) is 0. The Morgan fingerprint density at radius 1 is 0.190 bits per heavy atom. The molecule has 0 aliphatic rings. The van der Waals surface area contributed by atoms with Crippen molar-refractivity contribution in [1.29, 1.82) is 0 Å². The van der Waals surface area contributed by atoms with Gasteiger partial charge in [-0.1, -0.05) is 0 Å². The molecule has 122 valence electrons. The van der Waals surface area contributed by atoms with E-state index in [9.17, 15) is 0 Å². The molecular weight excluding hydrogens is 527 g/mol. The van der Waals surface area contributed by atoms with Gasteiger partial charge < -0.3 is 0 Å². The van der Waals surface area contributed by atoms with Crippen LogP contribution in [0, 0.1) is 0 Å². The van der Waals surface area contributed by atoms with Crippen LogP contribution in [0.5, 0.6) is 0 Å². The van der Waals surface area contributed by atoms with Gasteiger partial charge in [-0.05, 0) is 0 Å². The molecule has 0 aliphatic heterocycles. The molecule has 8 N–H and O–H groups in total. The third-order valence-corrected chi connectivity index (χ3v) is 0. The van der Waals surface area contributed by atoms with Gasteiger partial charge in [-0.2, -0.15) is 0 Å². The maximum atomic E-state index is 6.47. The molecule has 0 aromatic heterocycles. The molecule has 0 unspecified atom stereocenters. The molecule has 0 spiro atoms. The molecule has 0 aromatic rings. The van der Waals surface area contributed by atoms with E-state index in [1.807, 2.05) is 0 Å². The zero-order chi connectivity index (χ0) is 16.0. The standard InChI is InChI=1S/8ClHO.5Na.5H/c8*1-2;;;;;;;;;;/h8*2H;;;;;;;;;;. The monoisotopic (exact) mass is 536 g/mol. The van der Waals surface area contributed by atoms with Crippen LogP contribution in [0.3, 0.4) is 0 Å². The predicted octanol–water partition coefficient (Wildman–Crippen LogP) is -2.18. The number of hydrogen-bond donors (Lipinski definition) is 8. The molecule has 8 nitrogen and oxygen atoms in total. The molecule has 21 heavy (non-hydrogen) atoms. The van der Waals surface area contributed by atoms with E-state index in [4.69, 9.17) is 37.3 Å². The van der Waals surface area contributed by atoms with E-state index in [0.717, 1.165) is 0 Å². The summed E-state index contributed by atoms with van der Waals surface area (Å²) >= 11 is 29.1. The molecule has 0 aliphatic carbocycles. The maximum absolute atomic E-state index is 6.47. The van der Waals surface area contributed by atoms with Crippen LogP contribution in [0.4, 0.5) is 0 Å². The van der Waals surface area contributed by atoms with Gasteiger partial charge in [0.2, 0.25) is 0 Å². The molecule has 0 saturated carbocycles. The molecular formula is H13Cl8Na5O8. The molecule has 0 heterocycles. The molecule has 21 heteroatoms. The van der Waals surface area contributed by atoms with E-state index in [2.05, 4.69) is 94.9 Å². The summed E-state index contributed by atoms with van der Waals surface area (Å²) in [5.74, 6) is 0. The Bertz CT molecular complexity index is 32.6. The van der Waals surface area contributed by atoms with Crippen molar-refractivity contribution < 1.29 is 37.3 Å². The summed E-state index contributed by atoms with van der Waals surface area (Å²) in [6.45, 7) is 0. The van der Waals surface area contributed by atoms with Gasteiger partial charge in [0.1, 0.15) is 0 Å². The van der Waals surface area contributed by atoms with Crippen molar-refractivity contribution in [2.24, 2.45) is 0 Å². The fourth-order valence-electron chi connectivity index (χ4n) is 0. The van der Waals surface area contributed by atoms with Gasteiger partial charge in [0.15, 0.2) is 0 Å². The van der Waals surface area contributed by atoms with E-state index >= 15 is 0 Å². The second-order valence-corrected chi connectivity index (χ2v) is 0. The minimum atomic E-state index is 0. The Morgan fingerprint density at radius 3 is 0.190 bits per heavy atom. The topological polar surface area (TPSA) is 162 Å². The summed E-state index contributed by atoms with van der Waals surface area (Å²) in [5, 5.41) is 0. The van der Waals surface area contributed by atoms with Gasteiger partial charge in [0.25, 0.3) is 0 Å². The average molecular weight is 540 g/mol. The molecule has 0 fully saturated rings. The SMILES string of the molecule is OCl.OCl.OCl.OCl.OCl.OCl.OCl.OCl.[NaH].[NaH].[NaH].[NaH].[NaH]. The Balaban J connectivity index is -0.00000000306. The molecule has 0 radical (unpaired) electrons. The summed E-state index contributed by atoms with van der Waals surface area (Å²) in [4.78, 5) is 0. The van der Waals surface area contributed by atoms with Crippen molar-refractivity contribution in [1.82, 2.24) is 0 Å². The molecule has 0 bridgehead atoms. The zero-order valence-corrected chi connectivity index (χ0v) is 12.6. The average Bonchev–Trinajstić information content (AvgIpc) is 2.54. The first-order valence-electron chi connectivity index (χ1n) is 1.35. The Morgan fingerprint density at radius 2 is 0.190 bits per heavy atom. The van der Waals surface area contributed by atoms with Crippen LogP contribution < -0.4 is 0 Å². The molecule has 0 amide bonds. The van der Waals surface area contributed by atoms with Crippen LogP contribution in [-0.4, -0.2) is 185 Å². The van der Waals surface area contributed by atoms with E-state index in [-0.39, 0.29) is 148 Å². The third-order valence-electron chi connectivity index (χ3n) is 0. The number of rotatable bonds is 0. The van der Waals surface area contributed by atoms with Crippen LogP contribution in [0.1, 0.15) is 0 Å². The normalized spacial score (nSPS) is 2.29. The van der Waals surface area contributed by atoms with Gasteiger partial charge in [-0.15, -0.1) is 0 Å². The predicted molar refractivity (Wildman–Crippen MR) is 100 cm³/mol. The fraction of sp³-hybridized carbons (Fsp3) is 0. The van der Waals surface area contributed by atoms with E-state index in [1.165, 1.54) is 0 Å². The van der Waals surface area contributed by atoms with Gasteiger partial charge >= 0.3 is 148 Å². The number of hydrogen-bond acceptors (Lipinski definition) is 8. The summed E-state index contributed by atoms with van der Waals surface area (Å²) in [6, 6.07) is 0. The zero-order valence-electron chi connectivity index (χ0n) is 6.60. The van der Waals surface area contributed by atoms with Gasteiger partial charge in [0, 0.05) is 0 Å². The molecule has 0 aromatic carbocycles. The first kappa shape index (κ1) is 90.7. The van der Waals surface area contributed by atoms with Crippen LogP contribution in [0.25, 0.3) is 0 Å². The van der Waals surface area contributed by atoms with E-state index in [1.54, 1.807) is 0 Å². The van der Waals surface area contributed by atoms with Gasteiger partial charge in [0.05, 0.1) is 94.9 Å². The van der Waals surface area contributed by atoms with Crippen LogP contribution in [0.15, 0.2) is 0 Å². The van der Waals surface area contributed by atoms with Crippen molar-refractivity contribution in [2.45, 2.75) is 0 Å². The second kappa shape index (κ2) is 372. The molecule has 0 atom stereocenters. The van der Waals surface area contributed by atoms with E-state index < -0.39 is 0 Å². The van der Waals surface area contributed by atoms with E-state index in [0.29, 0.717) is 0 Å². The third kappa shape index (κ3) is 344. The van der Waals surface area contributed by atoms with Crippen molar-refractivity contribution in [3.05, 3.63) is 0 Å². The van der Waals surface area contributed by atoms with Gasteiger partial charge in [-0.3, -0.25) is 37.3 Å². The summed E-state index contributed by atoms with van der Waals surface area (Å²) in [7, 11) is 0.